The molecule has 0 saturated heterocycles. The van der Waals surface area contributed by atoms with E-state index in [2.05, 4.69) is 20.5 Å². The molecule has 0 bridgehead atoms. The number of carbonyl (C=O) groups is 1. The van der Waals surface area contributed by atoms with Gasteiger partial charge in [-0.25, -0.2) is 9.78 Å². The Morgan fingerprint density at radius 3 is 3.12 bits per heavy atom. The van der Waals surface area contributed by atoms with Gasteiger partial charge in [-0.15, -0.1) is 11.3 Å². The summed E-state index contributed by atoms with van der Waals surface area (Å²) in [6.07, 6.45) is 5.79. The highest BCUT2D eigenvalue weighted by Crippen LogP contribution is 2.23. The highest BCUT2D eigenvalue weighted by Gasteiger charge is 2.18. The van der Waals surface area contributed by atoms with Crippen LogP contribution in [-0.2, 0) is 19.4 Å². The summed E-state index contributed by atoms with van der Waals surface area (Å²) < 4.78 is 1.12. The van der Waals surface area contributed by atoms with E-state index >= 15 is 0 Å². The quantitative estimate of drug-likeness (QED) is 0.699. The summed E-state index contributed by atoms with van der Waals surface area (Å²) in [5, 5.41) is 10.6. The predicted molar refractivity (Wildman–Crippen MR) is 100.0 cm³/mol. The lowest BCUT2D eigenvalue weighted by Gasteiger charge is -2.17. The Hall–Kier alpha value is -2.41. The molecule has 6 nitrogen and oxygen atoms in total. The van der Waals surface area contributed by atoms with Crippen molar-refractivity contribution in [2.75, 3.05) is 12.4 Å². The van der Waals surface area contributed by atoms with Gasteiger partial charge in [0.05, 0.1) is 28.0 Å². The Morgan fingerprint density at radius 1 is 1.32 bits per heavy atom. The van der Waals surface area contributed by atoms with Gasteiger partial charge >= 0.3 is 6.03 Å². The van der Waals surface area contributed by atoms with Crippen molar-refractivity contribution in [1.29, 1.82) is 0 Å². The van der Waals surface area contributed by atoms with Crippen molar-refractivity contribution in [3.63, 3.8) is 0 Å². The van der Waals surface area contributed by atoms with Gasteiger partial charge in [-0.1, -0.05) is 6.42 Å². The SMILES string of the molecule is CN(Cc1n[nH]c2c1CCCCC2)C(=O)Nc1ccc2scnc2c1. The third-order valence-corrected chi connectivity index (χ3v) is 5.52. The maximum Gasteiger partial charge on any atom is 0.321 e. The van der Waals surface area contributed by atoms with Crippen LogP contribution in [-0.4, -0.2) is 33.2 Å². The van der Waals surface area contributed by atoms with Gasteiger partial charge in [-0.05, 0) is 49.4 Å². The maximum atomic E-state index is 12.5. The molecule has 0 atom stereocenters. The van der Waals surface area contributed by atoms with Crippen molar-refractivity contribution in [1.82, 2.24) is 20.1 Å². The molecule has 0 aliphatic heterocycles. The van der Waals surface area contributed by atoms with Crippen molar-refractivity contribution in [2.24, 2.45) is 0 Å². The average molecular weight is 355 g/mol. The van der Waals surface area contributed by atoms with Crippen LogP contribution in [0.15, 0.2) is 23.7 Å². The number of aromatic amines is 1. The lowest BCUT2D eigenvalue weighted by atomic mass is 10.1. The first kappa shape index (κ1) is 16.1. The van der Waals surface area contributed by atoms with Crippen molar-refractivity contribution in [3.05, 3.63) is 40.7 Å². The number of rotatable bonds is 3. The van der Waals surface area contributed by atoms with Crippen LogP contribution in [0.1, 0.15) is 36.2 Å². The van der Waals surface area contributed by atoms with Crippen molar-refractivity contribution < 1.29 is 4.79 Å². The number of fused-ring (bicyclic) bond motifs is 2. The van der Waals surface area contributed by atoms with Crippen molar-refractivity contribution >= 4 is 33.3 Å². The predicted octanol–water partition coefficient (Wildman–Crippen LogP) is 3.95. The Morgan fingerprint density at radius 2 is 2.20 bits per heavy atom. The zero-order valence-corrected chi connectivity index (χ0v) is 15.0. The molecule has 1 aliphatic rings. The summed E-state index contributed by atoms with van der Waals surface area (Å²) in [7, 11) is 1.80. The molecular formula is C18H21N5OS. The number of carbonyl (C=O) groups excluding carboxylic acids is 1. The molecule has 2 N–H and O–H groups in total. The van der Waals surface area contributed by atoms with Gasteiger partial charge < -0.3 is 10.2 Å². The fraction of sp³-hybridized carbons (Fsp3) is 0.389. The molecule has 2 amide bonds. The summed E-state index contributed by atoms with van der Waals surface area (Å²) in [5.41, 5.74) is 7.02. The van der Waals surface area contributed by atoms with Crippen LogP contribution in [0.3, 0.4) is 0 Å². The van der Waals surface area contributed by atoms with E-state index in [1.807, 2.05) is 23.7 Å². The van der Waals surface area contributed by atoms with E-state index < -0.39 is 0 Å². The molecule has 0 spiro atoms. The Labute approximate surface area is 150 Å². The van der Waals surface area contributed by atoms with Crippen molar-refractivity contribution in [3.8, 4) is 0 Å². The first-order valence-corrected chi connectivity index (χ1v) is 9.49. The first-order valence-electron chi connectivity index (χ1n) is 8.61. The fourth-order valence-corrected chi connectivity index (χ4v) is 3.97. The lowest BCUT2D eigenvalue weighted by molar-refractivity contribution is 0.220. The van der Waals surface area contributed by atoms with Crippen LogP contribution in [0.5, 0.6) is 0 Å². The molecule has 0 unspecified atom stereocenters. The van der Waals surface area contributed by atoms with E-state index in [1.165, 1.54) is 30.5 Å². The maximum absolute atomic E-state index is 12.5. The normalized spacial score (nSPS) is 14.1. The molecular weight excluding hydrogens is 334 g/mol. The molecule has 7 heteroatoms. The molecule has 2 heterocycles. The molecule has 1 aliphatic carbocycles. The average Bonchev–Trinajstić information content (AvgIpc) is 3.15. The summed E-state index contributed by atoms with van der Waals surface area (Å²) in [6, 6.07) is 5.65. The standard InChI is InChI=1S/C18H21N5OS/c1-23(10-16-13-5-3-2-4-6-14(13)21-22-16)18(24)20-12-7-8-17-15(9-12)19-11-25-17/h7-9,11H,2-6,10H2,1H3,(H,20,24)(H,21,22). The number of urea groups is 1. The first-order chi connectivity index (χ1) is 12.2. The van der Waals surface area contributed by atoms with Gasteiger partial charge in [0.2, 0.25) is 0 Å². The van der Waals surface area contributed by atoms with Crippen LogP contribution in [0, 0.1) is 0 Å². The highest BCUT2D eigenvalue weighted by atomic mass is 32.1. The number of thiazole rings is 1. The summed E-state index contributed by atoms with van der Waals surface area (Å²) >= 11 is 1.59. The number of aryl methyl sites for hydroxylation is 1. The van der Waals surface area contributed by atoms with Crippen LogP contribution in [0.25, 0.3) is 10.2 Å². The van der Waals surface area contributed by atoms with Crippen molar-refractivity contribution in [2.45, 2.75) is 38.6 Å². The minimum Gasteiger partial charge on any atom is -0.322 e. The summed E-state index contributed by atoms with van der Waals surface area (Å²) in [4.78, 5) is 18.5. The summed E-state index contributed by atoms with van der Waals surface area (Å²) in [6.45, 7) is 0.511. The van der Waals surface area contributed by atoms with Crippen LogP contribution < -0.4 is 5.32 Å². The molecule has 2 aromatic heterocycles. The molecule has 130 valence electrons. The molecule has 0 radical (unpaired) electrons. The van der Waals surface area contributed by atoms with Gasteiger partial charge in [0.1, 0.15) is 0 Å². The number of hydrogen-bond acceptors (Lipinski definition) is 4. The van der Waals surface area contributed by atoms with E-state index in [-0.39, 0.29) is 6.03 Å². The second-order valence-corrected chi connectivity index (χ2v) is 7.40. The second kappa shape index (κ2) is 6.84. The molecule has 0 fully saturated rings. The minimum absolute atomic E-state index is 0.139. The number of anilines is 1. The third-order valence-electron chi connectivity index (χ3n) is 4.71. The number of amides is 2. The Bertz CT molecular complexity index is 900. The van der Waals surface area contributed by atoms with Crippen LogP contribution in [0.4, 0.5) is 10.5 Å². The van der Waals surface area contributed by atoms with Gasteiger partial charge in [-0.2, -0.15) is 5.10 Å². The Kier molecular flexibility index (Phi) is 4.40. The highest BCUT2D eigenvalue weighted by molar-refractivity contribution is 7.16. The minimum atomic E-state index is -0.139. The number of nitrogens with zero attached hydrogens (tertiary/aromatic N) is 3. The monoisotopic (exact) mass is 355 g/mol. The van der Waals surface area contributed by atoms with E-state index in [9.17, 15) is 4.79 Å². The van der Waals surface area contributed by atoms with E-state index in [1.54, 1.807) is 23.3 Å². The molecule has 4 rings (SSSR count). The molecule has 1 aromatic carbocycles. The van der Waals surface area contributed by atoms with E-state index in [4.69, 9.17) is 0 Å². The van der Waals surface area contributed by atoms with E-state index in [0.29, 0.717) is 6.54 Å². The second-order valence-electron chi connectivity index (χ2n) is 6.51. The zero-order chi connectivity index (χ0) is 17.2. The van der Waals surface area contributed by atoms with Crippen LogP contribution >= 0.6 is 11.3 Å². The number of nitrogens with one attached hydrogen (secondary N) is 2. The topological polar surface area (TPSA) is 73.9 Å². The summed E-state index contributed by atoms with van der Waals surface area (Å²) in [5.74, 6) is 0. The number of hydrogen-bond donors (Lipinski definition) is 2. The molecule has 25 heavy (non-hydrogen) atoms. The van der Waals surface area contributed by atoms with Gasteiger partial charge in [0.25, 0.3) is 0 Å². The van der Waals surface area contributed by atoms with Gasteiger partial charge in [0, 0.05) is 18.4 Å². The van der Waals surface area contributed by atoms with E-state index in [0.717, 1.165) is 34.4 Å². The fourth-order valence-electron chi connectivity index (χ4n) is 3.31. The zero-order valence-electron chi connectivity index (χ0n) is 14.2. The van der Waals surface area contributed by atoms with Gasteiger partial charge in [-0.3, -0.25) is 5.10 Å². The number of H-pyrrole nitrogens is 1. The Balaban J connectivity index is 1.44. The van der Waals surface area contributed by atoms with Crippen LogP contribution in [0.2, 0.25) is 0 Å². The smallest absolute Gasteiger partial charge is 0.321 e. The molecule has 3 aromatic rings. The van der Waals surface area contributed by atoms with Gasteiger partial charge in [0.15, 0.2) is 0 Å². The third kappa shape index (κ3) is 3.37. The lowest BCUT2D eigenvalue weighted by Crippen LogP contribution is -2.31. The number of aromatic nitrogens is 3. The number of benzene rings is 1. The largest absolute Gasteiger partial charge is 0.322 e. The molecule has 0 saturated carbocycles.